The van der Waals surface area contributed by atoms with Crippen molar-refractivity contribution in [3.63, 3.8) is 0 Å². The second-order valence-electron chi connectivity index (χ2n) is 18.3. The normalized spacial score (nSPS) is 13.9. The van der Waals surface area contributed by atoms with Gasteiger partial charge >= 0.3 is 0 Å². The largest absolute Gasteiger partial charge is 0.310 e. The zero-order valence-electron chi connectivity index (χ0n) is 37.4. The van der Waals surface area contributed by atoms with E-state index in [4.69, 9.17) is 0 Å². The summed E-state index contributed by atoms with van der Waals surface area (Å²) in [6.07, 6.45) is 0. The predicted molar refractivity (Wildman–Crippen MR) is 271 cm³/mol. The zero-order chi connectivity index (χ0) is 45.2. The molecule has 66 heavy (non-hydrogen) atoms. The molecule has 11 rings (SSSR count). The molecule has 2 aliphatic rings. The summed E-state index contributed by atoms with van der Waals surface area (Å²) in [6.45, 7) is 9.18. The summed E-state index contributed by atoms with van der Waals surface area (Å²) < 4.78 is 0. The molecule has 0 bridgehead atoms. The van der Waals surface area contributed by atoms with Crippen molar-refractivity contribution >= 4 is 34.1 Å². The van der Waals surface area contributed by atoms with Crippen LogP contribution in [0.5, 0.6) is 0 Å². The highest BCUT2D eigenvalue weighted by molar-refractivity contribution is 6.06. The number of hydrogen-bond donors (Lipinski definition) is 0. The van der Waals surface area contributed by atoms with Gasteiger partial charge in [0.1, 0.15) is 12.1 Å². The van der Waals surface area contributed by atoms with Crippen molar-refractivity contribution in [3.8, 4) is 56.6 Å². The van der Waals surface area contributed by atoms with Gasteiger partial charge < -0.3 is 9.80 Å². The summed E-state index contributed by atoms with van der Waals surface area (Å²) in [5, 5.41) is 22.7. The maximum absolute atomic E-state index is 11.3. The molecule has 4 heteroatoms. The van der Waals surface area contributed by atoms with E-state index in [-0.39, 0.29) is 10.8 Å². The van der Waals surface area contributed by atoms with Crippen LogP contribution in [0.1, 0.15) is 61.1 Å². The summed E-state index contributed by atoms with van der Waals surface area (Å²) >= 11 is 0. The van der Waals surface area contributed by atoms with Crippen LogP contribution in [-0.4, -0.2) is 0 Å². The molecule has 0 radical (unpaired) electrons. The number of anilines is 6. The average molecular weight is 847 g/mol. The fourth-order valence-corrected chi connectivity index (χ4v) is 10.8. The molecule has 9 aromatic rings. The Morgan fingerprint density at radius 1 is 0.303 bits per heavy atom. The topological polar surface area (TPSA) is 54.1 Å². The van der Waals surface area contributed by atoms with Crippen LogP contribution in [0.25, 0.3) is 44.5 Å². The van der Waals surface area contributed by atoms with Crippen molar-refractivity contribution in [2.45, 2.75) is 38.5 Å². The average Bonchev–Trinajstić information content (AvgIpc) is 3.37. The number of fused-ring (bicyclic) bond motifs is 4. The predicted octanol–water partition coefficient (Wildman–Crippen LogP) is 16.3. The summed E-state index contributed by atoms with van der Waals surface area (Å²) in [7, 11) is 0. The first-order chi connectivity index (χ1) is 32.2. The van der Waals surface area contributed by atoms with Crippen molar-refractivity contribution in [2.75, 3.05) is 9.80 Å². The molecule has 2 heterocycles. The summed E-state index contributed by atoms with van der Waals surface area (Å²) in [5.41, 5.74) is 18.9. The fraction of sp³-hybridized carbons (Fsp3) is 0.0968. The number of nitriles is 2. The van der Waals surface area contributed by atoms with E-state index in [9.17, 15) is 10.5 Å². The van der Waals surface area contributed by atoms with Gasteiger partial charge in [0.15, 0.2) is 0 Å². The first-order valence-corrected chi connectivity index (χ1v) is 22.6. The summed E-state index contributed by atoms with van der Waals surface area (Å²) in [6, 6.07) is 77.4. The first kappa shape index (κ1) is 40.3. The van der Waals surface area contributed by atoms with Crippen molar-refractivity contribution in [3.05, 3.63) is 240 Å². The molecule has 0 atom stereocenters. The molecule has 0 saturated heterocycles. The molecule has 9 aromatic carbocycles. The quantitative estimate of drug-likeness (QED) is 0.167. The van der Waals surface area contributed by atoms with E-state index in [1.165, 1.54) is 22.3 Å². The molecule has 0 aromatic heterocycles. The molecule has 0 fully saturated rings. The Hall–Kier alpha value is -8.44. The van der Waals surface area contributed by atoms with Gasteiger partial charge in [0, 0.05) is 33.3 Å². The Kier molecular flexibility index (Phi) is 9.58. The van der Waals surface area contributed by atoms with Crippen LogP contribution in [0.2, 0.25) is 0 Å². The van der Waals surface area contributed by atoms with E-state index < -0.39 is 0 Å². The third-order valence-electron chi connectivity index (χ3n) is 14.0. The monoisotopic (exact) mass is 846 g/mol. The molecule has 0 unspecified atom stereocenters. The van der Waals surface area contributed by atoms with E-state index in [2.05, 4.69) is 219 Å². The third kappa shape index (κ3) is 6.18. The smallest absolute Gasteiger partial charge is 0.101 e. The number of rotatable bonds is 6. The van der Waals surface area contributed by atoms with Gasteiger partial charge in [-0.3, -0.25) is 0 Å². The van der Waals surface area contributed by atoms with Crippen LogP contribution in [0.4, 0.5) is 34.1 Å². The Morgan fingerprint density at radius 3 is 0.848 bits per heavy atom. The molecule has 0 N–H and O–H groups in total. The van der Waals surface area contributed by atoms with Gasteiger partial charge in [0.05, 0.1) is 33.9 Å². The number of nitrogens with zero attached hydrogens (tertiary/aromatic N) is 4. The SMILES string of the molecule is CC1(C)c2ccccc2N(c2ccc(-c3c(C#N)c(C#N)c(-c4ccc(N5c6ccccc6C(C)(C)c6ccccc65)cc4)c(-c4ccccc4)c3-c3ccccc3)cc2)c2ccccc21. The minimum absolute atomic E-state index is 0.179. The van der Waals surface area contributed by atoms with Crippen LogP contribution in [0, 0.1) is 22.7 Å². The Balaban J connectivity index is 1.12. The number of benzene rings is 9. The maximum Gasteiger partial charge on any atom is 0.101 e. The Labute approximate surface area is 387 Å². The van der Waals surface area contributed by atoms with E-state index >= 15 is 0 Å². The second-order valence-corrected chi connectivity index (χ2v) is 18.3. The van der Waals surface area contributed by atoms with Gasteiger partial charge in [-0.2, -0.15) is 10.5 Å². The number of hydrogen-bond acceptors (Lipinski definition) is 4. The van der Waals surface area contributed by atoms with Gasteiger partial charge in [0.2, 0.25) is 0 Å². The molecular formula is C62H46N4. The molecule has 4 nitrogen and oxygen atoms in total. The van der Waals surface area contributed by atoms with Crippen molar-refractivity contribution in [2.24, 2.45) is 0 Å². The Morgan fingerprint density at radius 2 is 0.561 bits per heavy atom. The lowest BCUT2D eigenvalue weighted by Gasteiger charge is -2.42. The molecule has 0 aliphatic carbocycles. The van der Waals surface area contributed by atoms with Gasteiger partial charge in [-0.15, -0.1) is 0 Å². The molecule has 314 valence electrons. The lowest BCUT2D eigenvalue weighted by atomic mass is 9.73. The van der Waals surface area contributed by atoms with Gasteiger partial charge in [0.25, 0.3) is 0 Å². The lowest BCUT2D eigenvalue weighted by molar-refractivity contribution is 0.632. The van der Waals surface area contributed by atoms with Crippen LogP contribution in [-0.2, 0) is 10.8 Å². The molecular weight excluding hydrogens is 801 g/mol. The standard InChI is InChI=1S/C62H46N4/c1-61(2)49-23-11-15-27-53(49)65(54-28-16-12-24-50(54)61)45-35-31-43(32-36-45)57-47(39-63)48(40-64)58(60(42-21-9-6-10-22-42)59(57)41-19-7-5-8-20-41)44-33-37-46(38-34-44)66-55-29-17-13-25-51(55)62(3,4)52-26-14-18-30-56(52)66/h5-38H,1-4H3. The minimum Gasteiger partial charge on any atom is -0.310 e. The van der Waals surface area contributed by atoms with Crippen molar-refractivity contribution in [1.82, 2.24) is 0 Å². The number of para-hydroxylation sites is 4. The summed E-state index contributed by atoms with van der Waals surface area (Å²) in [4.78, 5) is 4.68. The third-order valence-corrected chi connectivity index (χ3v) is 14.0. The van der Waals surface area contributed by atoms with E-state index in [0.717, 1.165) is 78.6 Å². The molecule has 0 spiro atoms. The minimum atomic E-state index is -0.179. The molecule has 0 saturated carbocycles. The van der Waals surface area contributed by atoms with Gasteiger partial charge in [-0.25, -0.2) is 0 Å². The zero-order valence-corrected chi connectivity index (χ0v) is 37.4. The maximum atomic E-state index is 11.3. The summed E-state index contributed by atoms with van der Waals surface area (Å²) in [5.74, 6) is 0. The van der Waals surface area contributed by atoms with Crippen LogP contribution >= 0.6 is 0 Å². The first-order valence-electron chi connectivity index (χ1n) is 22.6. The highest BCUT2D eigenvalue weighted by Gasteiger charge is 2.38. The Bertz CT molecular complexity index is 3090. The molecule has 2 aliphatic heterocycles. The highest BCUT2D eigenvalue weighted by Crippen LogP contribution is 2.55. The van der Waals surface area contributed by atoms with Crippen molar-refractivity contribution in [1.29, 1.82) is 10.5 Å². The van der Waals surface area contributed by atoms with Crippen LogP contribution in [0.3, 0.4) is 0 Å². The van der Waals surface area contributed by atoms with E-state index in [1.54, 1.807) is 0 Å². The van der Waals surface area contributed by atoms with E-state index in [0.29, 0.717) is 11.1 Å². The van der Waals surface area contributed by atoms with E-state index in [1.807, 2.05) is 36.4 Å². The lowest BCUT2D eigenvalue weighted by Crippen LogP contribution is -2.30. The fourth-order valence-electron chi connectivity index (χ4n) is 10.8. The van der Waals surface area contributed by atoms with Gasteiger partial charge in [-0.05, 0) is 104 Å². The second kappa shape index (κ2) is 15.7. The van der Waals surface area contributed by atoms with Gasteiger partial charge in [-0.1, -0.05) is 185 Å². The van der Waals surface area contributed by atoms with Crippen LogP contribution < -0.4 is 9.80 Å². The highest BCUT2D eigenvalue weighted by atomic mass is 15.2. The van der Waals surface area contributed by atoms with Crippen molar-refractivity contribution < 1.29 is 0 Å². The van der Waals surface area contributed by atoms with Crippen LogP contribution in [0.15, 0.2) is 206 Å². The molecule has 0 amide bonds.